The zero-order valence-corrected chi connectivity index (χ0v) is 10.7. The Balaban J connectivity index is 2.47. The zero-order chi connectivity index (χ0) is 14.2. The molecule has 0 spiro atoms. The molecule has 19 heavy (non-hydrogen) atoms. The molecular weight excluding hydrogens is 278 g/mol. The van der Waals surface area contributed by atoms with Crippen molar-refractivity contribution in [2.24, 2.45) is 11.7 Å². The lowest BCUT2D eigenvalue weighted by Gasteiger charge is -2.19. The number of thiol groups is 1. The monoisotopic (exact) mass is 290 g/mol. The molecule has 1 amide bonds. The second-order valence-electron chi connectivity index (χ2n) is 4.38. The van der Waals surface area contributed by atoms with Crippen molar-refractivity contribution in [1.29, 1.82) is 0 Å². The summed E-state index contributed by atoms with van der Waals surface area (Å²) in [5.41, 5.74) is 3.62. The van der Waals surface area contributed by atoms with E-state index in [-0.39, 0.29) is 18.2 Å². The van der Waals surface area contributed by atoms with Crippen LogP contribution in [0.15, 0.2) is 12.1 Å². The summed E-state index contributed by atoms with van der Waals surface area (Å²) in [5, 5.41) is 0. The number of nitrogens with zero attached hydrogens (tertiary/aromatic N) is 1. The molecule has 0 aliphatic heterocycles. The highest BCUT2D eigenvalue weighted by Gasteiger charge is 2.29. The quantitative estimate of drug-likeness (QED) is 0.787. The van der Waals surface area contributed by atoms with Crippen LogP contribution < -0.4 is 10.0 Å². The van der Waals surface area contributed by atoms with Crippen LogP contribution in [-0.4, -0.2) is 20.9 Å². The maximum atomic E-state index is 14.0. The van der Waals surface area contributed by atoms with E-state index >= 15 is 0 Å². The van der Waals surface area contributed by atoms with Gasteiger partial charge >= 0.3 is 0 Å². The highest BCUT2D eigenvalue weighted by molar-refractivity contribution is 7.74. The van der Waals surface area contributed by atoms with Gasteiger partial charge in [0.2, 0.25) is 10.9 Å². The van der Waals surface area contributed by atoms with Crippen LogP contribution in [0, 0.1) is 17.6 Å². The molecule has 0 saturated heterocycles. The number of primary amides is 1. The number of rotatable bonds is 5. The second-order valence-corrected chi connectivity index (χ2v) is 5.34. The summed E-state index contributed by atoms with van der Waals surface area (Å²) in [7, 11) is -3.07. The number of carbonyl (C=O) groups is 1. The summed E-state index contributed by atoms with van der Waals surface area (Å²) < 4.78 is 50.5. The van der Waals surface area contributed by atoms with Gasteiger partial charge in [-0.2, -0.15) is 0 Å². The van der Waals surface area contributed by atoms with Crippen molar-refractivity contribution in [2.75, 3.05) is 10.8 Å². The number of amides is 1. The van der Waals surface area contributed by atoms with Crippen molar-refractivity contribution in [3.8, 4) is 0 Å². The minimum absolute atomic E-state index is 0.124. The standard InChI is InChI=1S/C11H12F2N2O3S/c12-7-3-4-8(10(13)9(7)11(14)16)15(19(17)18)5-6-1-2-6/h3-4,6,19H,1-2,5H2,(H2,14,16). The molecule has 0 heterocycles. The third-order valence-corrected chi connectivity index (χ3v) is 3.69. The molecule has 104 valence electrons. The molecule has 0 atom stereocenters. The molecular formula is C11H12F2N2O3S. The summed E-state index contributed by atoms with van der Waals surface area (Å²) in [6.45, 7) is 0.124. The third kappa shape index (κ3) is 2.83. The van der Waals surface area contributed by atoms with Gasteiger partial charge in [-0.25, -0.2) is 17.2 Å². The first-order valence-corrected chi connectivity index (χ1v) is 6.74. The molecule has 1 aliphatic rings. The van der Waals surface area contributed by atoms with Crippen LogP contribution >= 0.6 is 0 Å². The molecule has 0 unspecified atom stereocenters. The van der Waals surface area contributed by atoms with Gasteiger partial charge < -0.3 is 5.73 Å². The van der Waals surface area contributed by atoms with Gasteiger partial charge in [-0.1, -0.05) is 0 Å². The van der Waals surface area contributed by atoms with E-state index in [1.54, 1.807) is 0 Å². The Hall–Kier alpha value is -1.70. The number of benzene rings is 1. The highest BCUT2D eigenvalue weighted by Crippen LogP contribution is 2.33. The Morgan fingerprint density at radius 3 is 2.47 bits per heavy atom. The van der Waals surface area contributed by atoms with Crippen molar-refractivity contribution in [2.45, 2.75) is 12.8 Å². The van der Waals surface area contributed by atoms with Crippen LogP contribution in [0.3, 0.4) is 0 Å². The molecule has 0 aromatic heterocycles. The van der Waals surface area contributed by atoms with Gasteiger partial charge in [0.25, 0.3) is 5.91 Å². The van der Waals surface area contributed by atoms with Crippen LogP contribution in [0.5, 0.6) is 0 Å². The van der Waals surface area contributed by atoms with Crippen molar-refractivity contribution in [3.63, 3.8) is 0 Å². The van der Waals surface area contributed by atoms with Gasteiger partial charge in [0, 0.05) is 6.54 Å². The van der Waals surface area contributed by atoms with E-state index < -0.39 is 34.0 Å². The fourth-order valence-corrected chi connectivity index (χ4v) is 2.46. The van der Waals surface area contributed by atoms with Gasteiger partial charge in [-0.05, 0) is 30.9 Å². The first-order valence-electron chi connectivity index (χ1n) is 5.61. The molecule has 2 N–H and O–H groups in total. The Kier molecular flexibility index (Phi) is 3.70. The lowest BCUT2D eigenvalue weighted by Crippen LogP contribution is -2.26. The molecule has 1 fully saturated rings. The third-order valence-electron chi connectivity index (χ3n) is 2.92. The van der Waals surface area contributed by atoms with E-state index in [0.717, 1.165) is 29.3 Å². The summed E-state index contributed by atoms with van der Waals surface area (Å²) in [4.78, 5) is 11.0. The number of hydrogen-bond acceptors (Lipinski definition) is 3. The highest BCUT2D eigenvalue weighted by atomic mass is 32.2. The van der Waals surface area contributed by atoms with Crippen molar-refractivity contribution >= 4 is 22.5 Å². The van der Waals surface area contributed by atoms with Gasteiger partial charge in [0.05, 0.1) is 5.69 Å². The normalized spacial score (nSPS) is 14.7. The zero-order valence-electron chi connectivity index (χ0n) is 9.81. The molecule has 1 aromatic rings. The lowest BCUT2D eigenvalue weighted by molar-refractivity contribution is 0.0992. The topological polar surface area (TPSA) is 80.5 Å². The smallest absolute Gasteiger partial charge is 0.254 e. The molecule has 5 nitrogen and oxygen atoms in total. The molecule has 1 saturated carbocycles. The summed E-state index contributed by atoms with van der Waals surface area (Å²) in [6, 6.07) is 1.82. The van der Waals surface area contributed by atoms with E-state index in [9.17, 15) is 22.0 Å². The first-order chi connectivity index (χ1) is 8.91. The lowest BCUT2D eigenvalue weighted by atomic mass is 10.1. The number of nitrogens with two attached hydrogens (primary N) is 1. The van der Waals surface area contributed by atoms with Crippen molar-refractivity contribution in [3.05, 3.63) is 29.3 Å². The number of anilines is 1. The summed E-state index contributed by atoms with van der Waals surface area (Å²) >= 11 is 0. The number of carbonyl (C=O) groups excluding carboxylic acids is 1. The maximum absolute atomic E-state index is 14.0. The van der Waals surface area contributed by atoms with Gasteiger partial charge in [-0.3, -0.25) is 9.10 Å². The van der Waals surface area contributed by atoms with Gasteiger partial charge in [-0.15, -0.1) is 0 Å². The predicted molar refractivity (Wildman–Crippen MR) is 65.3 cm³/mol. The van der Waals surface area contributed by atoms with Crippen LogP contribution in [0.4, 0.5) is 14.5 Å². The summed E-state index contributed by atoms with van der Waals surface area (Å²) in [6.07, 6.45) is 1.73. The van der Waals surface area contributed by atoms with E-state index in [1.807, 2.05) is 0 Å². The average molecular weight is 290 g/mol. The van der Waals surface area contributed by atoms with Crippen molar-refractivity contribution in [1.82, 2.24) is 0 Å². The average Bonchev–Trinajstić information content (AvgIpc) is 3.10. The maximum Gasteiger partial charge on any atom is 0.254 e. The van der Waals surface area contributed by atoms with E-state index in [2.05, 4.69) is 0 Å². The second kappa shape index (κ2) is 5.12. The minimum atomic E-state index is -3.07. The minimum Gasteiger partial charge on any atom is -0.365 e. The number of hydrogen-bond donors (Lipinski definition) is 2. The largest absolute Gasteiger partial charge is 0.365 e. The fraction of sp³-hybridized carbons (Fsp3) is 0.364. The Morgan fingerprint density at radius 1 is 1.37 bits per heavy atom. The first kappa shape index (κ1) is 13.7. The van der Waals surface area contributed by atoms with Crippen LogP contribution in [0.25, 0.3) is 0 Å². The van der Waals surface area contributed by atoms with Gasteiger partial charge in [0.1, 0.15) is 11.4 Å². The van der Waals surface area contributed by atoms with Crippen LogP contribution in [0.2, 0.25) is 0 Å². The Morgan fingerprint density at radius 2 is 2.00 bits per heavy atom. The molecule has 0 radical (unpaired) electrons. The summed E-state index contributed by atoms with van der Waals surface area (Å²) in [5.74, 6) is -3.45. The molecule has 1 aromatic carbocycles. The van der Waals surface area contributed by atoms with Crippen LogP contribution in [0.1, 0.15) is 23.2 Å². The Bertz CT molecular complexity index is 592. The van der Waals surface area contributed by atoms with Crippen LogP contribution in [-0.2, 0) is 10.9 Å². The number of halogens is 2. The van der Waals surface area contributed by atoms with E-state index in [0.29, 0.717) is 0 Å². The molecule has 8 heteroatoms. The fourth-order valence-electron chi connectivity index (χ4n) is 1.76. The molecule has 0 bridgehead atoms. The van der Waals surface area contributed by atoms with E-state index in [1.165, 1.54) is 0 Å². The molecule has 1 aliphatic carbocycles. The van der Waals surface area contributed by atoms with Crippen molar-refractivity contribution < 1.29 is 22.0 Å². The molecule has 2 rings (SSSR count). The van der Waals surface area contributed by atoms with E-state index in [4.69, 9.17) is 5.73 Å². The predicted octanol–water partition coefficient (Wildman–Crippen LogP) is 0.807. The van der Waals surface area contributed by atoms with Gasteiger partial charge in [0.15, 0.2) is 5.82 Å². The SMILES string of the molecule is NC(=O)c1c(F)ccc(N(CC2CC2)[SH](=O)=O)c1F. The Labute approximate surface area is 110 Å².